The zero-order valence-electron chi connectivity index (χ0n) is 15.8. The summed E-state index contributed by atoms with van der Waals surface area (Å²) in [6.07, 6.45) is 1.50. The fourth-order valence-corrected chi connectivity index (χ4v) is 5.34. The molecule has 2 aliphatic heterocycles. The monoisotopic (exact) mass is 472 g/mol. The lowest BCUT2D eigenvalue weighted by atomic mass is 10.0. The van der Waals surface area contributed by atoms with Crippen LogP contribution in [0.1, 0.15) is 19.5 Å². The van der Waals surface area contributed by atoms with Gasteiger partial charge < -0.3 is 20.9 Å². The van der Waals surface area contributed by atoms with E-state index in [2.05, 4.69) is 10.3 Å². The van der Waals surface area contributed by atoms with Crippen LogP contribution in [-0.2, 0) is 23.9 Å². The third-order valence-electron chi connectivity index (χ3n) is 4.38. The third-order valence-corrected chi connectivity index (χ3v) is 6.80. The highest BCUT2D eigenvalue weighted by molar-refractivity contribution is 8.00. The standard InChI is InChI=1S/C17H17ClN4O6S2/c1-3-8(9-12(18)30-17(19)21-9)13(24)20-10-14(25)22-11(16(26)27)7(4-28-6(2)23)5-29-15(10)22/h3,10,15H,4-5H2,1-2H3,(H2,19,21)(H,20,24)(H,26,27)/t10?,15-/m0/s1. The van der Waals surface area contributed by atoms with E-state index in [1.807, 2.05) is 0 Å². The number of rotatable bonds is 6. The van der Waals surface area contributed by atoms with Gasteiger partial charge in [0.2, 0.25) is 0 Å². The number of carboxylic acid groups (broad SMARTS) is 1. The molecule has 30 heavy (non-hydrogen) atoms. The lowest BCUT2D eigenvalue weighted by Crippen LogP contribution is -2.70. The largest absolute Gasteiger partial charge is 0.477 e. The number of carbonyl (C=O) groups is 4. The Morgan fingerprint density at radius 3 is 2.70 bits per heavy atom. The van der Waals surface area contributed by atoms with Gasteiger partial charge in [-0.25, -0.2) is 9.78 Å². The molecule has 0 aliphatic carbocycles. The highest BCUT2D eigenvalue weighted by atomic mass is 35.5. The van der Waals surface area contributed by atoms with Crippen LogP contribution in [0, 0.1) is 0 Å². The molecule has 1 saturated heterocycles. The summed E-state index contributed by atoms with van der Waals surface area (Å²) in [6.45, 7) is 2.61. The molecule has 0 aromatic carbocycles. The Bertz CT molecular complexity index is 1000. The number of amides is 2. The topological polar surface area (TPSA) is 152 Å². The first-order valence-electron chi connectivity index (χ1n) is 8.58. The van der Waals surface area contributed by atoms with Crippen molar-refractivity contribution >= 4 is 69.2 Å². The van der Waals surface area contributed by atoms with Crippen molar-refractivity contribution in [3.8, 4) is 0 Å². The Morgan fingerprint density at radius 1 is 1.47 bits per heavy atom. The summed E-state index contributed by atoms with van der Waals surface area (Å²) in [5.74, 6) is -2.77. The Hall–Kier alpha value is -2.57. The van der Waals surface area contributed by atoms with Gasteiger partial charge in [-0.15, -0.1) is 11.8 Å². The van der Waals surface area contributed by atoms with E-state index in [0.717, 1.165) is 16.2 Å². The maximum absolute atomic E-state index is 12.7. The van der Waals surface area contributed by atoms with Crippen molar-refractivity contribution < 1.29 is 29.0 Å². The number of halogens is 1. The van der Waals surface area contributed by atoms with Crippen LogP contribution in [0.15, 0.2) is 17.3 Å². The predicted molar refractivity (Wildman–Crippen MR) is 112 cm³/mol. The summed E-state index contributed by atoms with van der Waals surface area (Å²) >= 11 is 8.37. The van der Waals surface area contributed by atoms with E-state index in [-0.39, 0.29) is 38.8 Å². The fraction of sp³-hybridized carbons (Fsp3) is 0.353. The van der Waals surface area contributed by atoms with E-state index >= 15 is 0 Å². The van der Waals surface area contributed by atoms with Gasteiger partial charge in [-0.05, 0) is 6.92 Å². The number of carboxylic acids is 1. The quantitative estimate of drug-likeness (QED) is 0.313. The first kappa shape index (κ1) is 22.1. The minimum absolute atomic E-state index is 0.157. The maximum atomic E-state index is 12.7. The summed E-state index contributed by atoms with van der Waals surface area (Å²) in [5.41, 5.74) is 6.09. The summed E-state index contributed by atoms with van der Waals surface area (Å²) in [7, 11) is 0. The molecule has 4 N–H and O–H groups in total. The number of hydrogen-bond acceptors (Lipinski definition) is 9. The molecule has 1 unspecified atom stereocenters. The Labute approximate surface area is 184 Å². The molecule has 1 aromatic rings. The number of β-lactam (4-membered cyclic amide) rings is 1. The zero-order chi connectivity index (χ0) is 22.2. The maximum Gasteiger partial charge on any atom is 0.352 e. The van der Waals surface area contributed by atoms with Crippen LogP contribution < -0.4 is 11.1 Å². The van der Waals surface area contributed by atoms with E-state index < -0.39 is 35.2 Å². The van der Waals surface area contributed by atoms with E-state index in [1.165, 1.54) is 24.8 Å². The van der Waals surface area contributed by atoms with Crippen molar-refractivity contribution in [2.24, 2.45) is 0 Å². The molecule has 2 amide bonds. The number of nitrogens with zero attached hydrogens (tertiary/aromatic N) is 2. The number of anilines is 1. The highest BCUT2D eigenvalue weighted by Crippen LogP contribution is 2.41. The molecule has 0 bridgehead atoms. The van der Waals surface area contributed by atoms with Crippen molar-refractivity contribution in [3.63, 3.8) is 0 Å². The van der Waals surface area contributed by atoms with Crippen molar-refractivity contribution in [1.29, 1.82) is 0 Å². The van der Waals surface area contributed by atoms with Gasteiger partial charge >= 0.3 is 11.9 Å². The highest BCUT2D eigenvalue weighted by Gasteiger charge is 2.54. The zero-order valence-corrected chi connectivity index (χ0v) is 18.2. The lowest BCUT2D eigenvalue weighted by Gasteiger charge is -2.49. The van der Waals surface area contributed by atoms with Crippen LogP contribution in [-0.4, -0.2) is 62.5 Å². The lowest BCUT2D eigenvalue weighted by molar-refractivity contribution is -0.150. The van der Waals surface area contributed by atoms with Gasteiger partial charge in [0.15, 0.2) is 5.13 Å². The first-order chi connectivity index (χ1) is 14.1. The molecule has 10 nitrogen and oxygen atoms in total. The van der Waals surface area contributed by atoms with Crippen LogP contribution in [0.5, 0.6) is 0 Å². The number of allylic oxidation sites excluding steroid dienone is 1. The molecule has 1 fully saturated rings. The molecule has 0 spiro atoms. The van der Waals surface area contributed by atoms with Crippen LogP contribution in [0.3, 0.4) is 0 Å². The summed E-state index contributed by atoms with van der Waals surface area (Å²) in [4.78, 5) is 53.3. The Balaban J connectivity index is 1.78. The number of nitrogens with two attached hydrogens (primary N) is 1. The second kappa shape index (κ2) is 8.66. The van der Waals surface area contributed by atoms with Crippen molar-refractivity contribution in [2.75, 3.05) is 18.1 Å². The Kier molecular flexibility index (Phi) is 6.38. The second-order valence-electron chi connectivity index (χ2n) is 6.28. The molecular formula is C17H17ClN4O6S2. The van der Waals surface area contributed by atoms with Crippen LogP contribution >= 0.6 is 34.7 Å². The van der Waals surface area contributed by atoms with Gasteiger partial charge in [0.1, 0.15) is 33.7 Å². The molecule has 13 heteroatoms. The van der Waals surface area contributed by atoms with Gasteiger partial charge in [-0.3, -0.25) is 19.3 Å². The normalized spacial score (nSPS) is 21.1. The molecule has 160 valence electrons. The number of ether oxygens (including phenoxy) is 1. The number of nitrogens with one attached hydrogen (secondary N) is 1. The van der Waals surface area contributed by atoms with Gasteiger partial charge in [0.25, 0.3) is 11.8 Å². The number of esters is 1. The number of nitrogen functional groups attached to an aromatic ring is 1. The van der Waals surface area contributed by atoms with Gasteiger partial charge in [-0.1, -0.05) is 29.0 Å². The molecule has 0 radical (unpaired) electrons. The molecule has 3 rings (SSSR count). The average Bonchev–Trinajstić information content (AvgIpc) is 3.01. The summed E-state index contributed by atoms with van der Waals surface area (Å²) in [6, 6.07) is -0.920. The molecular weight excluding hydrogens is 456 g/mol. The number of aromatic nitrogens is 1. The SMILES string of the molecule is CC=C(C(=O)NC1C(=O)N2C(C(=O)O)=C(COC(C)=O)CS[C@@H]12)c1nc(N)sc1Cl. The van der Waals surface area contributed by atoms with E-state index in [1.54, 1.807) is 6.92 Å². The van der Waals surface area contributed by atoms with Crippen molar-refractivity contribution in [2.45, 2.75) is 25.3 Å². The van der Waals surface area contributed by atoms with Gasteiger partial charge in [0, 0.05) is 18.2 Å². The number of thiazole rings is 1. The van der Waals surface area contributed by atoms with E-state index in [9.17, 15) is 24.3 Å². The molecule has 1 aromatic heterocycles. The number of carbonyl (C=O) groups excluding carboxylic acids is 3. The van der Waals surface area contributed by atoms with Crippen LogP contribution in [0.25, 0.3) is 5.57 Å². The van der Waals surface area contributed by atoms with E-state index in [4.69, 9.17) is 22.1 Å². The Morgan fingerprint density at radius 2 is 2.17 bits per heavy atom. The number of hydrogen-bond donors (Lipinski definition) is 3. The molecule has 2 aliphatic rings. The third kappa shape index (κ3) is 4.02. The second-order valence-corrected chi connectivity index (χ2v) is 9.01. The number of aliphatic carboxylic acids is 1. The minimum Gasteiger partial charge on any atom is -0.477 e. The van der Waals surface area contributed by atoms with Gasteiger partial charge in [0.05, 0.1) is 5.57 Å². The molecule has 0 saturated carbocycles. The van der Waals surface area contributed by atoms with Crippen LogP contribution in [0.2, 0.25) is 4.34 Å². The molecule has 3 heterocycles. The smallest absolute Gasteiger partial charge is 0.352 e. The average molecular weight is 473 g/mol. The number of fused-ring (bicyclic) bond motifs is 1. The van der Waals surface area contributed by atoms with E-state index in [0.29, 0.717) is 5.57 Å². The van der Waals surface area contributed by atoms with Crippen LogP contribution in [0.4, 0.5) is 5.13 Å². The minimum atomic E-state index is -1.31. The van der Waals surface area contributed by atoms with Crippen molar-refractivity contribution in [1.82, 2.24) is 15.2 Å². The van der Waals surface area contributed by atoms with Crippen molar-refractivity contribution in [3.05, 3.63) is 27.4 Å². The summed E-state index contributed by atoms with van der Waals surface area (Å²) in [5, 5.41) is 11.8. The first-order valence-corrected chi connectivity index (χ1v) is 10.8. The predicted octanol–water partition coefficient (Wildman–Crippen LogP) is 1.08. The summed E-state index contributed by atoms with van der Waals surface area (Å²) < 4.78 is 5.13. The van der Waals surface area contributed by atoms with Gasteiger partial charge in [-0.2, -0.15) is 0 Å². The number of thioether (sulfide) groups is 1. The fourth-order valence-electron chi connectivity index (χ4n) is 3.06. The molecule has 2 atom stereocenters.